The molecule has 23 heavy (non-hydrogen) atoms. The summed E-state index contributed by atoms with van der Waals surface area (Å²) in [5, 5.41) is 2.98. The lowest BCUT2D eigenvalue weighted by Crippen LogP contribution is -2.36. The van der Waals surface area contributed by atoms with Gasteiger partial charge in [-0.15, -0.1) is 0 Å². The summed E-state index contributed by atoms with van der Waals surface area (Å²) in [6, 6.07) is 12.3. The molecule has 0 bridgehead atoms. The van der Waals surface area contributed by atoms with Crippen LogP contribution < -0.4 is 22.5 Å². The van der Waals surface area contributed by atoms with Gasteiger partial charge >= 0.3 is 0 Å². The molecule has 1 fully saturated rings. The molecule has 1 amide bonds. The third-order valence-electron chi connectivity index (χ3n) is 4.47. The summed E-state index contributed by atoms with van der Waals surface area (Å²) in [5.74, 6) is -0.220. The van der Waals surface area contributed by atoms with Crippen LogP contribution in [0.4, 0.5) is 11.4 Å². The quantitative estimate of drug-likeness (QED) is 0.513. The molecule has 120 valence electrons. The van der Waals surface area contributed by atoms with Crippen LogP contribution in [0.15, 0.2) is 36.4 Å². The number of hydrogen-bond donors (Lipinski definition) is 4. The van der Waals surface area contributed by atoms with Gasteiger partial charge < -0.3 is 22.5 Å². The number of primary amides is 1. The average Bonchev–Trinajstić information content (AvgIpc) is 3.19. The number of nitrogen functional groups attached to an aromatic ring is 2. The van der Waals surface area contributed by atoms with Crippen molar-refractivity contribution < 1.29 is 4.79 Å². The number of hydrogen-bond acceptors (Lipinski definition) is 4. The van der Waals surface area contributed by atoms with Gasteiger partial charge in [0.05, 0.1) is 17.4 Å². The van der Waals surface area contributed by atoms with Crippen molar-refractivity contribution in [2.45, 2.75) is 25.3 Å². The predicted molar refractivity (Wildman–Crippen MR) is 93.7 cm³/mol. The highest BCUT2D eigenvalue weighted by atomic mass is 16.1. The zero-order valence-electron chi connectivity index (χ0n) is 13.0. The molecule has 0 radical (unpaired) electrons. The number of amides is 1. The Morgan fingerprint density at radius 1 is 1.09 bits per heavy atom. The Morgan fingerprint density at radius 3 is 2.52 bits per heavy atom. The van der Waals surface area contributed by atoms with Crippen LogP contribution in [0.3, 0.4) is 0 Å². The molecule has 7 N–H and O–H groups in total. The number of fused-ring (bicyclic) bond motifs is 3. The van der Waals surface area contributed by atoms with E-state index in [0.29, 0.717) is 5.69 Å². The van der Waals surface area contributed by atoms with Gasteiger partial charge in [-0.1, -0.05) is 30.3 Å². The summed E-state index contributed by atoms with van der Waals surface area (Å²) >= 11 is 0. The van der Waals surface area contributed by atoms with Crippen LogP contribution in [0.5, 0.6) is 0 Å². The standard InChI is InChI=1S/C13H12N2.C5H10N2O/c14-12-6-5-10-9-4-2-1-3-8(9)7-11(10)13(12)15;6-5(8)4-2-1-3-7-4/h1-6H,7,14-15H2;4,7H,1-3H2,(H2,6,8)/t;4-/m.0/s1. The number of nitrogens with two attached hydrogens (primary N) is 3. The molecular formula is C18H22N4O. The number of carbonyl (C=O) groups is 1. The highest BCUT2D eigenvalue weighted by Crippen LogP contribution is 2.40. The Morgan fingerprint density at radius 2 is 1.87 bits per heavy atom. The number of benzene rings is 2. The molecule has 1 atom stereocenters. The van der Waals surface area contributed by atoms with Gasteiger partial charge in [0, 0.05) is 6.42 Å². The van der Waals surface area contributed by atoms with Gasteiger partial charge in [-0.05, 0) is 47.7 Å². The molecule has 5 heteroatoms. The lowest BCUT2D eigenvalue weighted by molar-refractivity contribution is -0.119. The van der Waals surface area contributed by atoms with E-state index in [9.17, 15) is 4.79 Å². The number of nitrogens with one attached hydrogen (secondary N) is 1. The maximum Gasteiger partial charge on any atom is 0.234 e. The van der Waals surface area contributed by atoms with Crippen molar-refractivity contribution in [3.8, 4) is 11.1 Å². The molecule has 2 aromatic carbocycles. The fourth-order valence-electron chi connectivity index (χ4n) is 3.18. The molecule has 1 aliphatic heterocycles. The first-order valence-electron chi connectivity index (χ1n) is 7.85. The van der Waals surface area contributed by atoms with E-state index in [1.54, 1.807) is 0 Å². The van der Waals surface area contributed by atoms with Gasteiger partial charge in [0.1, 0.15) is 0 Å². The second-order valence-corrected chi connectivity index (χ2v) is 5.98. The van der Waals surface area contributed by atoms with Crippen LogP contribution in [0, 0.1) is 0 Å². The molecule has 0 unspecified atom stereocenters. The molecule has 1 heterocycles. The summed E-state index contributed by atoms with van der Waals surface area (Å²) in [7, 11) is 0. The number of carbonyl (C=O) groups excluding carboxylic acids is 1. The average molecular weight is 310 g/mol. The third kappa shape index (κ3) is 3.00. The second kappa shape index (κ2) is 6.30. The molecule has 1 saturated heterocycles. The van der Waals surface area contributed by atoms with Crippen LogP contribution in [0.1, 0.15) is 24.0 Å². The largest absolute Gasteiger partial charge is 0.397 e. The van der Waals surface area contributed by atoms with E-state index in [1.165, 1.54) is 22.3 Å². The van der Waals surface area contributed by atoms with Gasteiger partial charge in [-0.25, -0.2) is 0 Å². The summed E-state index contributed by atoms with van der Waals surface area (Å²) in [6.45, 7) is 0.938. The first kappa shape index (κ1) is 15.4. The molecule has 2 aliphatic rings. The van der Waals surface area contributed by atoms with Gasteiger partial charge in [-0.3, -0.25) is 4.79 Å². The minimum absolute atomic E-state index is 0.0463. The van der Waals surface area contributed by atoms with Crippen LogP contribution in [0.25, 0.3) is 11.1 Å². The van der Waals surface area contributed by atoms with Crippen molar-refractivity contribution in [3.63, 3.8) is 0 Å². The van der Waals surface area contributed by atoms with E-state index >= 15 is 0 Å². The van der Waals surface area contributed by atoms with Crippen molar-refractivity contribution in [2.24, 2.45) is 5.73 Å². The lowest BCUT2D eigenvalue weighted by atomic mass is 10.0. The minimum atomic E-state index is -0.220. The lowest BCUT2D eigenvalue weighted by Gasteiger charge is -2.06. The highest BCUT2D eigenvalue weighted by molar-refractivity contribution is 5.86. The number of anilines is 2. The molecule has 2 aromatic rings. The summed E-state index contributed by atoms with van der Waals surface area (Å²) in [6.07, 6.45) is 2.89. The first-order valence-corrected chi connectivity index (χ1v) is 7.85. The Bertz CT molecular complexity index is 736. The van der Waals surface area contributed by atoms with Crippen LogP contribution in [-0.4, -0.2) is 18.5 Å². The van der Waals surface area contributed by atoms with Crippen molar-refractivity contribution in [3.05, 3.63) is 47.5 Å². The molecule has 0 saturated carbocycles. The van der Waals surface area contributed by atoms with E-state index in [1.807, 2.05) is 6.07 Å². The highest BCUT2D eigenvalue weighted by Gasteiger charge is 2.20. The maximum absolute atomic E-state index is 10.4. The van der Waals surface area contributed by atoms with Crippen LogP contribution in [0.2, 0.25) is 0 Å². The van der Waals surface area contributed by atoms with E-state index < -0.39 is 0 Å². The van der Waals surface area contributed by atoms with Crippen molar-refractivity contribution >= 4 is 17.3 Å². The van der Waals surface area contributed by atoms with Gasteiger partial charge in [-0.2, -0.15) is 0 Å². The predicted octanol–water partition coefficient (Wildman–Crippen LogP) is 1.65. The fraction of sp³-hybridized carbons (Fsp3) is 0.278. The molecule has 0 spiro atoms. The normalized spacial score (nSPS) is 17.8. The topological polar surface area (TPSA) is 107 Å². The Kier molecular flexibility index (Phi) is 4.21. The summed E-state index contributed by atoms with van der Waals surface area (Å²) in [5.41, 5.74) is 23.2. The zero-order valence-corrected chi connectivity index (χ0v) is 13.0. The van der Waals surface area contributed by atoms with E-state index in [2.05, 4.69) is 35.6 Å². The molecule has 1 aliphatic carbocycles. The van der Waals surface area contributed by atoms with Gasteiger partial charge in [0.2, 0.25) is 5.91 Å². The van der Waals surface area contributed by atoms with Crippen LogP contribution in [-0.2, 0) is 11.2 Å². The molecule has 5 nitrogen and oxygen atoms in total. The van der Waals surface area contributed by atoms with Gasteiger partial charge in [0.15, 0.2) is 0 Å². The molecule has 0 aromatic heterocycles. The van der Waals surface area contributed by atoms with E-state index in [0.717, 1.165) is 31.5 Å². The van der Waals surface area contributed by atoms with Gasteiger partial charge in [0.25, 0.3) is 0 Å². The van der Waals surface area contributed by atoms with Crippen molar-refractivity contribution in [1.82, 2.24) is 5.32 Å². The van der Waals surface area contributed by atoms with E-state index in [4.69, 9.17) is 17.2 Å². The van der Waals surface area contributed by atoms with Crippen molar-refractivity contribution in [2.75, 3.05) is 18.0 Å². The smallest absolute Gasteiger partial charge is 0.234 e. The monoisotopic (exact) mass is 310 g/mol. The Balaban J connectivity index is 0.000000166. The fourth-order valence-corrected chi connectivity index (χ4v) is 3.18. The maximum atomic E-state index is 10.4. The summed E-state index contributed by atoms with van der Waals surface area (Å²) in [4.78, 5) is 10.4. The summed E-state index contributed by atoms with van der Waals surface area (Å²) < 4.78 is 0. The molecule has 4 rings (SSSR count). The Labute approximate surface area is 135 Å². The van der Waals surface area contributed by atoms with Crippen LogP contribution >= 0.6 is 0 Å². The minimum Gasteiger partial charge on any atom is -0.397 e. The zero-order chi connectivity index (χ0) is 16.4. The Hall–Kier alpha value is -2.53. The van der Waals surface area contributed by atoms with Crippen molar-refractivity contribution in [1.29, 1.82) is 0 Å². The molecular weight excluding hydrogens is 288 g/mol. The third-order valence-corrected chi connectivity index (χ3v) is 4.47. The first-order chi connectivity index (χ1) is 11.1. The second-order valence-electron chi connectivity index (χ2n) is 5.98. The SMILES string of the molecule is NC(=O)[C@@H]1CCCN1.Nc1ccc2c(c1N)Cc1ccccc1-2. The number of rotatable bonds is 1. The van der Waals surface area contributed by atoms with E-state index in [-0.39, 0.29) is 11.9 Å².